The first-order chi connectivity index (χ1) is 8.84. The Morgan fingerprint density at radius 1 is 1.42 bits per heavy atom. The summed E-state index contributed by atoms with van der Waals surface area (Å²) < 4.78 is 29.2. The van der Waals surface area contributed by atoms with Crippen molar-refractivity contribution in [3.63, 3.8) is 0 Å². The largest absolute Gasteiger partial charge is 0.480 e. The Labute approximate surface area is 114 Å². The molecule has 1 N–H and O–H groups in total. The number of piperidine rings is 1. The van der Waals surface area contributed by atoms with Gasteiger partial charge in [-0.05, 0) is 12.8 Å². The van der Waals surface area contributed by atoms with Crippen LogP contribution in [0.1, 0.15) is 12.8 Å². The van der Waals surface area contributed by atoms with Crippen molar-refractivity contribution in [2.75, 3.05) is 46.2 Å². The van der Waals surface area contributed by atoms with Crippen LogP contribution < -0.4 is 0 Å². The van der Waals surface area contributed by atoms with Crippen LogP contribution in [0.3, 0.4) is 0 Å². The van der Waals surface area contributed by atoms with E-state index in [1.54, 1.807) is 7.11 Å². The van der Waals surface area contributed by atoms with Crippen LogP contribution in [-0.4, -0.2) is 80.9 Å². The van der Waals surface area contributed by atoms with Crippen LogP contribution in [0.25, 0.3) is 0 Å². The third-order valence-corrected chi connectivity index (χ3v) is 4.63. The molecule has 1 heterocycles. The van der Waals surface area contributed by atoms with Gasteiger partial charge >= 0.3 is 5.97 Å². The first kappa shape index (κ1) is 16.4. The van der Waals surface area contributed by atoms with Gasteiger partial charge in [0, 0.05) is 32.8 Å². The van der Waals surface area contributed by atoms with Crippen molar-refractivity contribution >= 4 is 16.0 Å². The second-order valence-corrected chi connectivity index (χ2v) is 6.73. The number of sulfonamides is 1. The van der Waals surface area contributed by atoms with Crippen LogP contribution in [0.2, 0.25) is 0 Å². The molecule has 0 aromatic rings. The molecule has 0 aliphatic carbocycles. The summed E-state index contributed by atoms with van der Waals surface area (Å²) in [5.74, 6) is -0.873. The van der Waals surface area contributed by atoms with Gasteiger partial charge in [0.15, 0.2) is 0 Å². The lowest BCUT2D eigenvalue weighted by Crippen LogP contribution is -2.48. The third-order valence-electron chi connectivity index (χ3n) is 3.33. The van der Waals surface area contributed by atoms with Crippen molar-refractivity contribution in [3.05, 3.63) is 0 Å². The second-order valence-electron chi connectivity index (χ2n) is 4.75. The number of methoxy groups -OCH3 is 1. The molecule has 0 spiro atoms. The summed E-state index contributed by atoms with van der Waals surface area (Å²) in [5, 5.41) is 8.91. The van der Waals surface area contributed by atoms with Crippen molar-refractivity contribution in [1.29, 1.82) is 0 Å². The average Bonchev–Trinajstić information content (AvgIpc) is 2.33. The molecule has 7 nitrogen and oxygen atoms in total. The minimum absolute atomic E-state index is 0.0348. The predicted molar refractivity (Wildman–Crippen MR) is 70.5 cm³/mol. The smallest absolute Gasteiger partial charge is 0.317 e. The molecule has 1 fully saturated rings. The zero-order valence-electron chi connectivity index (χ0n) is 11.4. The lowest BCUT2D eigenvalue weighted by molar-refractivity contribution is -0.139. The number of ether oxygens (including phenoxy) is 1. The summed E-state index contributed by atoms with van der Waals surface area (Å²) >= 11 is 0. The third kappa shape index (κ3) is 5.43. The minimum atomic E-state index is -3.14. The number of hydrogen-bond donors (Lipinski definition) is 1. The van der Waals surface area contributed by atoms with Crippen molar-refractivity contribution < 1.29 is 23.1 Å². The number of carbonyl (C=O) groups is 1. The van der Waals surface area contributed by atoms with Gasteiger partial charge in [0.05, 0.1) is 19.4 Å². The number of carboxylic acid groups (broad SMARTS) is 1. The molecule has 1 rings (SSSR count). The molecule has 1 aliphatic rings. The maximum Gasteiger partial charge on any atom is 0.317 e. The number of carboxylic acids is 1. The molecular formula is C11H22N2O5S. The van der Waals surface area contributed by atoms with E-state index in [4.69, 9.17) is 9.84 Å². The zero-order chi connectivity index (χ0) is 14.5. The fourth-order valence-corrected chi connectivity index (χ4v) is 3.19. The molecule has 0 unspecified atom stereocenters. The summed E-state index contributed by atoms with van der Waals surface area (Å²) in [4.78, 5) is 12.7. The molecule has 1 aliphatic heterocycles. The Morgan fingerprint density at radius 3 is 2.42 bits per heavy atom. The van der Waals surface area contributed by atoms with Crippen LogP contribution in [0, 0.1) is 0 Å². The first-order valence-electron chi connectivity index (χ1n) is 6.24. The molecule has 0 aromatic heterocycles. The number of aliphatic carboxylic acids is 1. The normalized spacial score (nSPS) is 18.9. The first-order valence-corrected chi connectivity index (χ1v) is 8.09. The lowest BCUT2D eigenvalue weighted by Gasteiger charge is -2.36. The van der Waals surface area contributed by atoms with E-state index in [1.807, 2.05) is 4.90 Å². The highest BCUT2D eigenvalue weighted by Gasteiger charge is 2.29. The van der Waals surface area contributed by atoms with Gasteiger partial charge in [0.1, 0.15) is 0 Å². The Hall–Kier alpha value is -0.700. The molecule has 8 heteroatoms. The van der Waals surface area contributed by atoms with Gasteiger partial charge in [-0.2, -0.15) is 0 Å². The monoisotopic (exact) mass is 294 g/mol. The lowest BCUT2D eigenvalue weighted by atomic mass is 10.0. The van der Waals surface area contributed by atoms with Crippen LogP contribution in [0.5, 0.6) is 0 Å². The van der Waals surface area contributed by atoms with Crippen molar-refractivity contribution in [1.82, 2.24) is 9.21 Å². The Kier molecular flexibility index (Phi) is 6.18. The molecule has 1 saturated heterocycles. The Bertz CT molecular complexity index is 390. The highest BCUT2D eigenvalue weighted by atomic mass is 32.2. The van der Waals surface area contributed by atoms with Gasteiger partial charge < -0.3 is 9.84 Å². The fraction of sp³-hybridized carbons (Fsp3) is 0.909. The molecule has 0 bridgehead atoms. The Balaban J connectivity index is 2.55. The van der Waals surface area contributed by atoms with E-state index in [2.05, 4.69) is 0 Å². The quantitative estimate of drug-likeness (QED) is 0.677. The van der Waals surface area contributed by atoms with E-state index >= 15 is 0 Å². The van der Waals surface area contributed by atoms with E-state index in [1.165, 1.54) is 10.6 Å². The molecule has 0 amide bonds. The maximum atomic E-state index is 11.4. The molecule has 0 radical (unpaired) electrons. The molecular weight excluding hydrogens is 272 g/mol. The molecule has 19 heavy (non-hydrogen) atoms. The standard InChI is InChI=1S/C11H22N2O5S/c1-18-8-7-12(9-11(14)15)10-3-5-13(6-4-10)19(2,16)17/h10H,3-9H2,1-2H3,(H,14,15). The van der Waals surface area contributed by atoms with E-state index in [0.29, 0.717) is 39.1 Å². The van der Waals surface area contributed by atoms with Gasteiger partial charge in [0.25, 0.3) is 0 Å². The van der Waals surface area contributed by atoms with Gasteiger partial charge in [-0.15, -0.1) is 0 Å². The highest BCUT2D eigenvalue weighted by Crippen LogP contribution is 2.18. The van der Waals surface area contributed by atoms with E-state index in [-0.39, 0.29) is 12.6 Å². The van der Waals surface area contributed by atoms with Crippen LogP contribution in [0.15, 0.2) is 0 Å². The highest BCUT2D eigenvalue weighted by molar-refractivity contribution is 7.88. The Morgan fingerprint density at radius 2 is 2.00 bits per heavy atom. The molecule has 112 valence electrons. The van der Waals surface area contributed by atoms with Crippen LogP contribution in [0.4, 0.5) is 0 Å². The minimum Gasteiger partial charge on any atom is -0.480 e. The van der Waals surface area contributed by atoms with Gasteiger partial charge in [-0.3, -0.25) is 9.69 Å². The summed E-state index contributed by atoms with van der Waals surface area (Å²) in [6.07, 6.45) is 2.52. The number of nitrogens with zero attached hydrogens (tertiary/aromatic N) is 2. The van der Waals surface area contributed by atoms with E-state index < -0.39 is 16.0 Å². The maximum absolute atomic E-state index is 11.4. The van der Waals surface area contributed by atoms with Gasteiger partial charge in [-0.25, -0.2) is 12.7 Å². The topological polar surface area (TPSA) is 87.2 Å². The number of hydrogen-bond acceptors (Lipinski definition) is 5. The van der Waals surface area contributed by atoms with Crippen molar-refractivity contribution in [2.24, 2.45) is 0 Å². The summed E-state index contributed by atoms with van der Waals surface area (Å²) in [7, 11) is -1.57. The predicted octanol–water partition coefficient (Wildman–Crippen LogP) is -0.557. The molecule has 0 saturated carbocycles. The number of rotatable bonds is 7. The fourth-order valence-electron chi connectivity index (χ4n) is 2.31. The second kappa shape index (κ2) is 7.18. The van der Waals surface area contributed by atoms with Gasteiger partial charge in [0.2, 0.25) is 10.0 Å². The summed E-state index contributed by atoms with van der Waals surface area (Å²) in [6.45, 7) is 1.89. The van der Waals surface area contributed by atoms with Gasteiger partial charge in [-0.1, -0.05) is 0 Å². The average molecular weight is 294 g/mol. The molecule has 0 atom stereocenters. The van der Waals surface area contributed by atoms with E-state index in [0.717, 1.165) is 0 Å². The summed E-state index contributed by atoms with van der Waals surface area (Å²) in [6, 6.07) is 0.101. The SMILES string of the molecule is COCCN(CC(=O)O)C1CCN(S(C)(=O)=O)CC1. The van der Waals surface area contributed by atoms with Crippen molar-refractivity contribution in [2.45, 2.75) is 18.9 Å². The van der Waals surface area contributed by atoms with Crippen molar-refractivity contribution in [3.8, 4) is 0 Å². The zero-order valence-corrected chi connectivity index (χ0v) is 12.2. The molecule has 0 aromatic carbocycles. The van der Waals surface area contributed by atoms with E-state index in [9.17, 15) is 13.2 Å². The van der Waals surface area contributed by atoms with Crippen LogP contribution >= 0.6 is 0 Å². The van der Waals surface area contributed by atoms with Crippen LogP contribution in [-0.2, 0) is 19.6 Å². The summed E-state index contributed by atoms with van der Waals surface area (Å²) in [5.41, 5.74) is 0.